The monoisotopic (exact) mass is 527 g/mol. The fourth-order valence-electron chi connectivity index (χ4n) is 3.59. The van der Waals surface area contributed by atoms with E-state index in [1.54, 1.807) is 0 Å². The molecule has 1 aromatic carbocycles. The maximum atomic E-state index is 6.01. The van der Waals surface area contributed by atoms with Crippen LogP contribution in [0.25, 0.3) is 0 Å². The number of morpholine rings is 1. The van der Waals surface area contributed by atoms with Crippen LogP contribution in [0.5, 0.6) is 5.75 Å². The van der Waals surface area contributed by atoms with Gasteiger partial charge in [0.1, 0.15) is 11.9 Å². The second kappa shape index (κ2) is 11.5. The highest BCUT2D eigenvalue weighted by molar-refractivity contribution is 14.0. The molecule has 7 nitrogen and oxygen atoms in total. The van der Waals surface area contributed by atoms with Gasteiger partial charge in [-0.2, -0.15) is 5.10 Å². The molecule has 1 unspecified atom stereocenters. The van der Waals surface area contributed by atoms with Gasteiger partial charge in [-0.3, -0.25) is 9.67 Å². The third-order valence-corrected chi connectivity index (χ3v) is 5.30. The van der Waals surface area contributed by atoms with Crippen molar-refractivity contribution >= 4 is 29.9 Å². The number of aromatic nitrogens is 2. The SMILES string of the molecule is CN=C(NCCCOc1cc(C)cc(C)c1C)N1CCOC(c2cnn(C)c2)C1.I. The summed E-state index contributed by atoms with van der Waals surface area (Å²) in [4.78, 5) is 6.70. The lowest BCUT2D eigenvalue weighted by atomic mass is 10.1. The van der Waals surface area contributed by atoms with Gasteiger partial charge >= 0.3 is 0 Å². The molecule has 1 N–H and O–H groups in total. The summed E-state index contributed by atoms with van der Waals surface area (Å²) in [6.07, 6.45) is 4.81. The third kappa shape index (κ3) is 6.34. The Kier molecular flexibility index (Phi) is 9.41. The fraction of sp³-hybridized carbons (Fsp3) is 0.545. The number of hydrogen-bond donors (Lipinski definition) is 1. The van der Waals surface area contributed by atoms with Crippen LogP contribution in [0, 0.1) is 20.8 Å². The largest absolute Gasteiger partial charge is 0.493 e. The average Bonchev–Trinajstić information content (AvgIpc) is 3.14. The molecular weight excluding hydrogens is 493 g/mol. The van der Waals surface area contributed by atoms with Gasteiger partial charge in [0.2, 0.25) is 0 Å². The highest BCUT2D eigenvalue weighted by Crippen LogP contribution is 2.23. The van der Waals surface area contributed by atoms with Gasteiger partial charge in [0.25, 0.3) is 0 Å². The highest BCUT2D eigenvalue weighted by Gasteiger charge is 2.25. The summed E-state index contributed by atoms with van der Waals surface area (Å²) >= 11 is 0. The number of nitrogens with zero attached hydrogens (tertiary/aromatic N) is 4. The van der Waals surface area contributed by atoms with E-state index in [1.165, 1.54) is 16.7 Å². The predicted octanol–water partition coefficient (Wildman–Crippen LogP) is 3.38. The lowest BCUT2D eigenvalue weighted by molar-refractivity contribution is -0.00803. The molecule has 0 spiro atoms. The van der Waals surface area contributed by atoms with Crippen molar-refractivity contribution < 1.29 is 9.47 Å². The van der Waals surface area contributed by atoms with E-state index in [9.17, 15) is 0 Å². The normalized spacial score (nSPS) is 16.9. The topological polar surface area (TPSA) is 63.9 Å². The summed E-state index contributed by atoms with van der Waals surface area (Å²) in [6.45, 7) is 10.1. The summed E-state index contributed by atoms with van der Waals surface area (Å²) in [5.41, 5.74) is 4.82. The van der Waals surface area contributed by atoms with Gasteiger partial charge in [-0.15, -0.1) is 24.0 Å². The van der Waals surface area contributed by atoms with Gasteiger partial charge in [0.05, 0.1) is 26.0 Å². The molecule has 1 fully saturated rings. The van der Waals surface area contributed by atoms with Crippen molar-refractivity contribution in [2.45, 2.75) is 33.3 Å². The lowest BCUT2D eigenvalue weighted by Crippen LogP contribution is -2.48. The van der Waals surface area contributed by atoms with Gasteiger partial charge in [-0.05, 0) is 49.9 Å². The molecule has 2 heterocycles. The highest BCUT2D eigenvalue weighted by atomic mass is 127. The van der Waals surface area contributed by atoms with Crippen LogP contribution in [0.1, 0.15) is 34.8 Å². The van der Waals surface area contributed by atoms with Crippen molar-refractivity contribution in [2.75, 3.05) is 39.9 Å². The minimum absolute atomic E-state index is 0. The number of nitrogens with one attached hydrogen (secondary N) is 1. The minimum Gasteiger partial charge on any atom is -0.493 e. The van der Waals surface area contributed by atoms with Crippen LogP contribution in [0.3, 0.4) is 0 Å². The van der Waals surface area contributed by atoms with Crippen molar-refractivity contribution in [1.82, 2.24) is 20.0 Å². The van der Waals surface area contributed by atoms with Gasteiger partial charge in [0, 0.05) is 38.9 Å². The molecule has 1 saturated heterocycles. The van der Waals surface area contributed by atoms with Crippen molar-refractivity contribution in [3.8, 4) is 5.75 Å². The Morgan fingerprint density at radius 3 is 2.83 bits per heavy atom. The van der Waals surface area contributed by atoms with E-state index < -0.39 is 0 Å². The molecule has 0 radical (unpaired) electrons. The zero-order chi connectivity index (χ0) is 20.8. The van der Waals surface area contributed by atoms with Crippen LogP contribution in [0.4, 0.5) is 0 Å². The van der Waals surface area contributed by atoms with Gasteiger partial charge in [0.15, 0.2) is 5.96 Å². The number of guanidine groups is 1. The number of hydrogen-bond acceptors (Lipinski definition) is 4. The molecule has 166 valence electrons. The van der Waals surface area contributed by atoms with Crippen molar-refractivity contribution in [3.05, 3.63) is 46.8 Å². The fourth-order valence-corrected chi connectivity index (χ4v) is 3.59. The molecule has 30 heavy (non-hydrogen) atoms. The molecule has 0 saturated carbocycles. The zero-order valence-electron chi connectivity index (χ0n) is 18.6. The van der Waals surface area contributed by atoms with E-state index in [1.807, 2.05) is 31.2 Å². The Morgan fingerprint density at radius 2 is 2.13 bits per heavy atom. The smallest absolute Gasteiger partial charge is 0.193 e. The van der Waals surface area contributed by atoms with Gasteiger partial charge in [-0.25, -0.2) is 0 Å². The Morgan fingerprint density at radius 1 is 1.33 bits per heavy atom. The molecule has 1 aliphatic heterocycles. The van der Waals surface area contributed by atoms with Crippen LogP contribution in [-0.2, 0) is 11.8 Å². The molecule has 0 aliphatic carbocycles. The molecular formula is C22H34IN5O2. The molecule has 3 rings (SSSR count). The zero-order valence-corrected chi connectivity index (χ0v) is 21.0. The van der Waals surface area contributed by atoms with Crippen molar-refractivity contribution in [2.24, 2.45) is 12.0 Å². The molecule has 0 amide bonds. The van der Waals surface area contributed by atoms with E-state index in [4.69, 9.17) is 9.47 Å². The predicted molar refractivity (Wildman–Crippen MR) is 131 cm³/mol. The number of halogens is 1. The van der Waals surface area contributed by atoms with Crippen LogP contribution in [0.15, 0.2) is 29.5 Å². The average molecular weight is 527 g/mol. The molecule has 1 aliphatic rings. The van der Waals surface area contributed by atoms with Gasteiger partial charge in [-0.1, -0.05) is 6.07 Å². The Hall–Kier alpha value is -1.81. The van der Waals surface area contributed by atoms with Crippen LogP contribution >= 0.6 is 24.0 Å². The lowest BCUT2D eigenvalue weighted by Gasteiger charge is -2.34. The second-order valence-corrected chi connectivity index (χ2v) is 7.63. The van der Waals surface area contributed by atoms with E-state index in [0.29, 0.717) is 13.2 Å². The van der Waals surface area contributed by atoms with E-state index >= 15 is 0 Å². The Labute approximate surface area is 196 Å². The molecule has 8 heteroatoms. The summed E-state index contributed by atoms with van der Waals surface area (Å²) < 4.78 is 13.7. The first-order valence-corrected chi connectivity index (χ1v) is 10.2. The minimum atomic E-state index is 0. The van der Waals surface area contributed by atoms with Crippen LogP contribution < -0.4 is 10.1 Å². The van der Waals surface area contributed by atoms with E-state index in [-0.39, 0.29) is 30.1 Å². The third-order valence-electron chi connectivity index (χ3n) is 5.30. The summed E-state index contributed by atoms with van der Waals surface area (Å²) in [7, 11) is 3.75. The van der Waals surface area contributed by atoms with Crippen LogP contribution in [-0.4, -0.2) is 60.5 Å². The van der Waals surface area contributed by atoms with Gasteiger partial charge < -0.3 is 19.7 Å². The molecule has 1 atom stereocenters. The summed E-state index contributed by atoms with van der Waals surface area (Å²) in [5, 5.41) is 7.71. The number of rotatable bonds is 6. The number of aliphatic imine (C=N–C) groups is 1. The van der Waals surface area contributed by atoms with Crippen molar-refractivity contribution in [3.63, 3.8) is 0 Å². The summed E-state index contributed by atoms with van der Waals surface area (Å²) in [5.74, 6) is 1.89. The molecule has 2 aromatic rings. The quantitative estimate of drug-likeness (QED) is 0.270. The van der Waals surface area contributed by atoms with E-state index in [0.717, 1.165) is 43.3 Å². The standard InChI is InChI=1S/C22H33N5O2.HI/c1-16-11-17(2)18(3)20(12-16)28-9-6-7-24-22(23-4)27-8-10-29-21(15-27)19-13-25-26(5)14-19;/h11-14,21H,6-10,15H2,1-5H3,(H,23,24);1H. The Balaban J connectivity index is 0.00000320. The number of aryl methyl sites for hydroxylation is 3. The first-order valence-electron chi connectivity index (χ1n) is 10.2. The second-order valence-electron chi connectivity index (χ2n) is 7.63. The number of benzene rings is 1. The maximum Gasteiger partial charge on any atom is 0.193 e. The first-order chi connectivity index (χ1) is 14.0. The van der Waals surface area contributed by atoms with Crippen molar-refractivity contribution in [1.29, 1.82) is 0 Å². The molecule has 0 bridgehead atoms. The van der Waals surface area contributed by atoms with E-state index in [2.05, 4.69) is 53.2 Å². The first kappa shape index (κ1) is 24.5. The van der Waals surface area contributed by atoms with Crippen LogP contribution in [0.2, 0.25) is 0 Å². The number of ether oxygens (including phenoxy) is 2. The Bertz CT molecular complexity index is 852. The molecule has 1 aromatic heterocycles. The summed E-state index contributed by atoms with van der Waals surface area (Å²) in [6, 6.07) is 4.30. The maximum absolute atomic E-state index is 6.01.